The third-order valence-corrected chi connectivity index (χ3v) is 3.34. The molecule has 1 aromatic heterocycles. The summed E-state index contributed by atoms with van der Waals surface area (Å²) >= 11 is 0. The SMILES string of the molecule is CC[C@H]1CN(c2ccncc2F)CCN1C. The van der Waals surface area contributed by atoms with Crippen molar-refractivity contribution in [2.24, 2.45) is 0 Å². The van der Waals surface area contributed by atoms with Crippen LogP contribution in [0.4, 0.5) is 10.1 Å². The molecule has 2 rings (SSSR count). The van der Waals surface area contributed by atoms with E-state index in [9.17, 15) is 4.39 Å². The largest absolute Gasteiger partial charge is 0.366 e. The van der Waals surface area contributed by atoms with Gasteiger partial charge in [0.05, 0.1) is 11.9 Å². The van der Waals surface area contributed by atoms with Gasteiger partial charge in [0.1, 0.15) is 0 Å². The van der Waals surface area contributed by atoms with E-state index >= 15 is 0 Å². The number of hydrogen-bond donors (Lipinski definition) is 0. The molecule has 3 nitrogen and oxygen atoms in total. The number of nitrogens with zero attached hydrogens (tertiary/aromatic N) is 3. The van der Waals surface area contributed by atoms with E-state index in [0.717, 1.165) is 26.1 Å². The summed E-state index contributed by atoms with van der Waals surface area (Å²) in [7, 11) is 2.13. The van der Waals surface area contributed by atoms with Crippen molar-refractivity contribution in [1.82, 2.24) is 9.88 Å². The fraction of sp³-hybridized carbons (Fsp3) is 0.583. The number of aromatic nitrogens is 1. The summed E-state index contributed by atoms with van der Waals surface area (Å²) in [5, 5.41) is 0. The minimum absolute atomic E-state index is 0.220. The first-order valence-electron chi connectivity index (χ1n) is 5.77. The monoisotopic (exact) mass is 223 g/mol. The van der Waals surface area contributed by atoms with Crippen LogP contribution < -0.4 is 4.90 Å². The van der Waals surface area contributed by atoms with E-state index in [0.29, 0.717) is 11.7 Å². The maximum atomic E-state index is 13.6. The Morgan fingerprint density at radius 1 is 1.50 bits per heavy atom. The van der Waals surface area contributed by atoms with Gasteiger partial charge in [-0.15, -0.1) is 0 Å². The minimum Gasteiger partial charge on any atom is -0.366 e. The molecule has 1 atom stereocenters. The number of halogens is 1. The highest BCUT2D eigenvalue weighted by Crippen LogP contribution is 2.21. The van der Waals surface area contributed by atoms with Gasteiger partial charge in [-0.2, -0.15) is 0 Å². The topological polar surface area (TPSA) is 19.4 Å². The molecular formula is C12H18FN3. The van der Waals surface area contributed by atoms with E-state index in [2.05, 4.69) is 28.8 Å². The van der Waals surface area contributed by atoms with Gasteiger partial charge in [0.2, 0.25) is 0 Å². The summed E-state index contributed by atoms with van der Waals surface area (Å²) in [6.07, 6.45) is 4.03. The molecular weight excluding hydrogens is 205 g/mol. The van der Waals surface area contributed by atoms with Gasteiger partial charge < -0.3 is 4.90 Å². The Morgan fingerprint density at radius 3 is 3.00 bits per heavy atom. The van der Waals surface area contributed by atoms with Crippen LogP contribution >= 0.6 is 0 Å². The van der Waals surface area contributed by atoms with Gasteiger partial charge in [0, 0.05) is 31.9 Å². The van der Waals surface area contributed by atoms with Gasteiger partial charge in [-0.1, -0.05) is 6.92 Å². The van der Waals surface area contributed by atoms with Crippen LogP contribution in [0.2, 0.25) is 0 Å². The maximum absolute atomic E-state index is 13.6. The Balaban J connectivity index is 2.14. The van der Waals surface area contributed by atoms with E-state index in [1.165, 1.54) is 6.20 Å². The smallest absolute Gasteiger partial charge is 0.164 e. The first-order valence-corrected chi connectivity index (χ1v) is 5.77. The standard InChI is InChI=1S/C12H18FN3/c1-3-10-9-16(7-6-15(10)2)12-4-5-14-8-11(12)13/h4-5,8,10H,3,6-7,9H2,1-2H3/t10-/m0/s1. The summed E-state index contributed by atoms with van der Waals surface area (Å²) < 4.78 is 13.6. The first kappa shape index (κ1) is 11.3. The molecule has 88 valence electrons. The molecule has 16 heavy (non-hydrogen) atoms. The van der Waals surface area contributed by atoms with Crippen LogP contribution in [0.5, 0.6) is 0 Å². The van der Waals surface area contributed by atoms with Crippen molar-refractivity contribution < 1.29 is 4.39 Å². The molecule has 4 heteroatoms. The third kappa shape index (κ3) is 2.16. The van der Waals surface area contributed by atoms with Crippen molar-refractivity contribution in [3.63, 3.8) is 0 Å². The molecule has 0 radical (unpaired) electrons. The zero-order valence-corrected chi connectivity index (χ0v) is 9.86. The van der Waals surface area contributed by atoms with E-state index < -0.39 is 0 Å². The highest BCUT2D eigenvalue weighted by Gasteiger charge is 2.24. The molecule has 2 heterocycles. The molecule has 1 aliphatic heterocycles. The number of piperazine rings is 1. The van der Waals surface area contributed by atoms with Crippen LogP contribution in [0.1, 0.15) is 13.3 Å². The molecule has 1 aromatic rings. The molecule has 0 saturated carbocycles. The number of likely N-dealkylation sites (N-methyl/N-ethyl adjacent to an activating group) is 1. The van der Waals surface area contributed by atoms with Crippen LogP contribution in [0.15, 0.2) is 18.5 Å². The quantitative estimate of drug-likeness (QED) is 0.761. The lowest BCUT2D eigenvalue weighted by atomic mass is 10.1. The summed E-state index contributed by atoms with van der Waals surface area (Å²) in [5.74, 6) is -0.220. The first-order chi connectivity index (χ1) is 7.72. The van der Waals surface area contributed by atoms with E-state index in [-0.39, 0.29) is 5.82 Å². The third-order valence-electron chi connectivity index (χ3n) is 3.34. The number of hydrogen-bond acceptors (Lipinski definition) is 3. The van der Waals surface area contributed by atoms with Crippen LogP contribution in [0.3, 0.4) is 0 Å². The van der Waals surface area contributed by atoms with Crippen molar-refractivity contribution in [2.45, 2.75) is 19.4 Å². The van der Waals surface area contributed by atoms with Gasteiger partial charge in [-0.05, 0) is 19.5 Å². The fourth-order valence-electron chi connectivity index (χ4n) is 2.23. The normalized spacial score (nSPS) is 22.4. The van der Waals surface area contributed by atoms with Crippen molar-refractivity contribution >= 4 is 5.69 Å². The van der Waals surface area contributed by atoms with Crippen LogP contribution in [0.25, 0.3) is 0 Å². The van der Waals surface area contributed by atoms with Gasteiger partial charge in [0.15, 0.2) is 5.82 Å². The second kappa shape index (κ2) is 4.78. The van der Waals surface area contributed by atoms with Crippen molar-refractivity contribution in [3.05, 3.63) is 24.3 Å². The molecule has 0 amide bonds. The van der Waals surface area contributed by atoms with Gasteiger partial charge in [0.25, 0.3) is 0 Å². The predicted octanol–water partition coefficient (Wildman–Crippen LogP) is 1.75. The second-order valence-corrected chi connectivity index (χ2v) is 4.32. The highest BCUT2D eigenvalue weighted by molar-refractivity contribution is 5.46. The van der Waals surface area contributed by atoms with Crippen LogP contribution in [0, 0.1) is 5.82 Å². The Kier molecular flexibility index (Phi) is 3.39. The van der Waals surface area contributed by atoms with Crippen molar-refractivity contribution in [1.29, 1.82) is 0 Å². The Hall–Kier alpha value is -1.16. The average Bonchev–Trinajstić information content (AvgIpc) is 2.31. The minimum atomic E-state index is -0.220. The molecule has 0 N–H and O–H groups in total. The Bertz CT molecular complexity index is 356. The van der Waals surface area contributed by atoms with Gasteiger partial charge >= 0.3 is 0 Å². The van der Waals surface area contributed by atoms with Crippen LogP contribution in [-0.4, -0.2) is 42.6 Å². The molecule has 1 saturated heterocycles. The Morgan fingerprint density at radius 2 is 2.31 bits per heavy atom. The lowest BCUT2D eigenvalue weighted by Gasteiger charge is -2.40. The van der Waals surface area contributed by atoms with E-state index in [4.69, 9.17) is 0 Å². The molecule has 0 bridgehead atoms. The molecule has 0 aromatic carbocycles. The zero-order valence-electron chi connectivity index (χ0n) is 9.86. The molecule has 1 aliphatic rings. The van der Waals surface area contributed by atoms with Crippen molar-refractivity contribution in [3.8, 4) is 0 Å². The zero-order chi connectivity index (χ0) is 11.5. The predicted molar refractivity (Wildman–Crippen MR) is 63.1 cm³/mol. The molecule has 0 spiro atoms. The second-order valence-electron chi connectivity index (χ2n) is 4.32. The van der Waals surface area contributed by atoms with Gasteiger partial charge in [-0.25, -0.2) is 4.39 Å². The number of anilines is 1. The highest BCUT2D eigenvalue weighted by atomic mass is 19.1. The van der Waals surface area contributed by atoms with Crippen LogP contribution in [-0.2, 0) is 0 Å². The van der Waals surface area contributed by atoms with Crippen molar-refractivity contribution in [2.75, 3.05) is 31.6 Å². The summed E-state index contributed by atoms with van der Waals surface area (Å²) in [6.45, 7) is 4.94. The lowest BCUT2D eigenvalue weighted by molar-refractivity contribution is 0.213. The molecule has 1 fully saturated rings. The summed E-state index contributed by atoms with van der Waals surface area (Å²) in [5.41, 5.74) is 0.682. The van der Waals surface area contributed by atoms with E-state index in [1.54, 1.807) is 12.3 Å². The maximum Gasteiger partial charge on any atom is 0.164 e. The number of pyridine rings is 1. The van der Waals surface area contributed by atoms with E-state index in [1.807, 2.05) is 0 Å². The fourth-order valence-corrected chi connectivity index (χ4v) is 2.23. The Labute approximate surface area is 95.9 Å². The molecule has 0 unspecified atom stereocenters. The summed E-state index contributed by atoms with van der Waals surface area (Å²) in [6, 6.07) is 2.27. The summed E-state index contributed by atoms with van der Waals surface area (Å²) in [4.78, 5) is 8.24. The molecule has 0 aliphatic carbocycles. The lowest BCUT2D eigenvalue weighted by Crippen LogP contribution is -2.51. The number of rotatable bonds is 2. The van der Waals surface area contributed by atoms with Gasteiger partial charge in [-0.3, -0.25) is 9.88 Å². The average molecular weight is 223 g/mol.